The summed E-state index contributed by atoms with van der Waals surface area (Å²) in [5.41, 5.74) is 0.425. The fourth-order valence-corrected chi connectivity index (χ4v) is 2.76. The van der Waals surface area contributed by atoms with Gasteiger partial charge in [0.1, 0.15) is 17.3 Å². The molecular formula is C18H16F3NOS. The molecule has 0 bridgehead atoms. The van der Waals surface area contributed by atoms with Crippen LogP contribution in [0.4, 0.5) is 13.2 Å². The van der Waals surface area contributed by atoms with E-state index >= 15 is 0 Å². The summed E-state index contributed by atoms with van der Waals surface area (Å²) in [4.78, 5) is 2.36. The fourth-order valence-electron chi connectivity index (χ4n) is 2.45. The van der Waals surface area contributed by atoms with Crippen LogP contribution in [0, 0.1) is 0 Å². The van der Waals surface area contributed by atoms with Crippen molar-refractivity contribution in [2.45, 2.75) is 19.2 Å². The Morgan fingerprint density at radius 2 is 1.79 bits per heavy atom. The van der Waals surface area contributed by atoms with E-state index in [1.807, 2.05) is 23.1 Å². The molecule has 1 heterocycles. The summed E-state index contributed by atoms with van der Waals surface area (Å²) in [6.45, 7) is 1.68. The van der Waals surface area contributed by atoms with Gasteiger partial charge in [-0.2, -0.15) is 13.2 Å². The van der Waals surface area contributed by atoms with Gasteiger partial charge in [-0.3, -0.25) is 0 Å². The van der Waals surface area contributed by atoms with Crippen molar-refractivity contribution in [1.29, 1.82) is 0 Å². The second-order valence-corrected chi connectivity index (χ2v) is 6.02. The van der Waals surface area contributed by atoms with Crippen LogP contribution < -0.4 is 4.74 Å². The first-order valence-electron chi connectivity index (χ1n) is 7.62. The molecule has 3 rings (SSSR count). The van der Waals surface area contributed by atoms with Crippen LogP contribution in [0.2, 0.25) is 0 Å². The Labute approximate surface area is 143 Å². The number of rotatable bonds is 4. The molecule has 0 radical (unpaired) electrons. The first-order chi connectivity index (χ1) is 11.4. The lowest BCUT2D eigenvalue weighted by Gasteiger charge is -2.33. The van der Waals surface area contributed by atoms with Gasteiger partial charge in [0, 0.05) is 18.7 Å². The van der Waals surface area contributed by atoms with E-state index in [1.54, 1.807) is 18.2 Å². The number of benzene rings is 2. The standard InChI is InChI=1S/C18H16F3NOS/c19-18(20,21)15-11-14(17(24)22-9-4-10-22)7-8-16(15)23-12-13-5-2-1-3-6-13/h1-3,5-8,11H,4,9-10,12H2. The number of hydrogen-bond acceptors (Lipinski definition) is 2. The molecule has 0 atom stereocenters. The molecule has 126 valence electrons. The first-order valence-corrected chi connectivity index (χ1v) is 8.03. The summed E-state index contributed by atoms with van der Waals surface area (Å²) in [5, 5.41) is 0. The molecule has 1 saturated heterocycles. The molecule has 0 unspecified atom stereocenters. The van der Waals surface area contributed by atoms with Gasteiger partial charge in [0.25, 0.3) is 0 Å². The summed E-state index contributed by atoms with van der Waals surface area (Å²) < 4.78 is 45.5. The van der Waals surface area contributed by atoms with Crippen LogP contribution in [0.15, 0.2) is 48.5 Å². The number of hydrogen-bond donors (Lipinski definition) is 0. The first kappa shape index (κ1) is 16.8. The van der Waals surface area contributed by atoms with Crippen molar-refractivity contribution in [3.8, 4) is 5.75 Å². The summed E-state index contributed by atoms with van der Waals surface area (Å²) >= 11 is 5.28. The van der Waals surface area contributed by atoms with E-state index < -0.39 is 11.7 Å². The topological polar surface area (TPSA) is 12.5 Å². The SMILES string of the molecule is FC(F)(F)c1cc(C(=S)N2CCC2)ccc1OCc1ccccc1. The quantitative estimate of drug-likeness (QED) is 0.743. The third kappa shape index (κ3) is 3.70. The Morgan fingerprint density at radius 1 is 1.08 bits per heavy atom. The molecule has 24 heavy (non-hydrogen) atoms. The van der Waals surface area contributed by atoms with Crippen LogP contribution in [-0.4, -0.2) is 23.0 Å². The summed E-state index contributed by atoms with van der Waals surface area (Å²) in [7, 11) is 0. The van der Waals surface area contributed by atoms with Gasteiger partial charge in [-0.05, 0) is 30.2 Å². The number of thiocarbonyl (C=S) groups is 1. The monoisotopic (exact) mass is 351 g/mol. The molecule has 0 aliphatic carbocycles. The van der Waals surface area contributed by atoms with Gasteiger partial charge in [-0.25, -0.2) is 0 Å². The predicted molar refractivity (Wildman–Crippen MR) is 90.1 cm³/mol. The fraction of sp³-hybridized carbons (Fsp3) is 0.278. The summed E-state index contributed by atoms with van der Waals surface area (Å²) in [6, 6.07) is 13.1. The normalized spacial score (nSPS) is 14.2. The Balaban J connectivity index is 1.84. The third-order valence-electron chi connectivity index (χ3n) is 3.91. The number of nitrogens with zero attached hydrogens (tertiary/aromatic N) is 1. The number of halogens is 3. The van der Waals surface area contributed by atoms with E-state index in [2.05, 4.69) is 0 Å². The molecule has 0 N–H and O–H groups in total. The Kier molecular flexibility index (Phi) is 4.76. The molecule has 1 aliphatic heterocycles. The maximum absolute atomic E-state index is 13.4. The molecule has 2 aromatic carbocycles. The maximum atomic E-state index is 13.4. The molecule has 0 saturated carbocycles. The molecule has 0 spiro atoms. The van der Waals surface area contributed by atoms with Gasteiger partial charge in [-0.15, -0.1) is 0 Å². The van der Waals surface area contributed by atoms with E-state index in [0.29, 0.717) is 10.6 Å². The molecule has 6 heteroatoms. The van der Waals surface area contributed by atoms with Crippen molar-refractivity contribution < 1.29 is 17.9 Å². The number of ether oxygens (including phenoxy) is 1. The largest absolute Gasteiger partial charge is 0.488 e. The van der Waals surface area contributed by atoms with Crippen LogP contribution in [0.1, 0.15) is 23.1 Å². The lowest BCUT2D eigenvalue weighted by Crippen LogP contribution is -2.41. The highest BCUT2D eigenvalue weighted by molar-refractivity contribution is 7.80. The average molecular weight is 351 g/mol. The minimum absolute atomic E-state index is 0.0832. The molecule has 1 aliphatic rings. The maximum Gasteiger partial charge on any atom is 0.419 e. The number of likely N-dealkylation sites (tertiary alicyclic amines) is 1. The van der Waals surface area contributed by atoms with Crippen molar-refractivity contribution in [3.05, 3.63) is 65.2 Å². The lowest BCUT2D eigenvalue weighted by atomic mass is 10.1. The zero-order chi connectivity index (χ0) is 17.2. The van der Waals surface area contributed by atoms with E-state index in [0.717, 1.165) is 31.1 Å². The summed E-state index contributed by atoms with van der Waals surface area (Å²) in [6.07, 6.45) is -3.48. The zero-order valence-corrected chi connectivity index (χ0v) is 13.7. The van der Waals surface area contributed by atoms with Crippen LogP contribution in [0.25, 0.3) is 0 Å². The van der Waals surface area contributed by atoms with E-state index in [1.165, 1.54) is 6.07 Å². The van der Waals surface area contributed by atoms with Crippen molar-refractivity contribution in [2.24, 2.45) is 0 Å². The minimum atomic E-state index is -4.49. The second kappa shape index (κ2) is 6.81. The Morgan fingerprint density at radius 3 is 2.38 bits per heavy atom. The van der Waals surface area contributed by atoms with E-state index in [9.17, 15) is 13.2 Å². The smallest absolute Gasteiger partial charge is 0.419 e. The minimum Gasteiger partial charge on any atom is -0.488 e. The molecule has 0 amide bonds. The average Bonchev–Trinajstić information content (AvgIpc) is 2.51. The van der Waals surface area contributed by atoms with Crippen molar-refractivity contribution in [1.82, 2.24) is 4.90 Å². The Bertz CT molecular complexity index is 727. The second-order valence-electron chi connectivity index (χ2n) is 5.63. The van der Waals surface area contributed by atoms with Gasteiger partial charge in [0.2, 0.25) is 0 Å². The zero-order valence-electron chi connectivity index (χ0n) is 12.8. The molecule has 1 fully saturated rings. The van der Waals surface area contributed by atoms with Gasteiger partial charge < -0.3 is 9.64 Å². The van der Waals surface area contributed by atoms with Gasteiger partial charge in [0.15, 0.2) is 0 Å². The van der Waals surface area contributed by atoms with Crippen LogP contribution >= 0.6 is 12.2 Å². The molecule has 2 aromatic rings. The highest BCUT2D eigenvalue weighted by Gasteiger charge is 2.35. The molecule has 0 aromatic heterocycles. The van der Waals surface area contributed by atoms with E-state index in [4.69, 9.17) is 17.0 Å². The summed E-state index contributed by atoms with van der Waals surface area (Å²) in [5.74, 6) is -0.179. The third-order valence-corrected chi connectivity index (χ3v) is 4.41. The highest BCUT2D eigenvalue weighted by Crippen LogP contribution is 2.37. The van der Waals surface area contributed by atoms with Crippen LogP contribution in [0.5, 0.6) is 5.75 Å². The van der Waals surface area contributed by atoms with Crippen molar-refractivity contribution in [3.63, 3.8) is 0 Å². The van der Waals surface area contributed by atoms with Gasteiger partial charge >= 0.3 is 6.18 Å². The Hall–Kier alpha value is -2.08. The van der Waals surface area contributed by atoms with Crippen molar-refractivity contribution in [2.75, 3.05) is 13.1 Å². The van der Waals surface area contributed by atoms with Crippen molar-refractivity contribution >= 4 is 17.2 Å². The molecule has 2 nitrogen and oxygen atoms in total. The lowest BCUT2D eigenvalue weighted by molar-refractivity contribution is -0.139. The van der Waals surface area contributed by atoms with E-state index in [-0.39, 0.29) is 12.4 Å². The van der Waals surface area contributed by atoms with Gasteiger partial charge in [0.05, 0.1) is 5.56 Å². The highest BCUT2D eigenvalue weighted by atomic mass is 32.1. The van der Waals surface area contributed by atoms with Crippen LogP contribution in [-0.2, 0) is 12.8 Å². The van der Waals surface area contributed by atoms with Crippen LogP contribution in [0.3, 0.4) is 0 Å². The predicted octanol–water partition coefficient (Wildman–Crippen LogP) is 4.67. The molecular weight excluding hydrogens is 335 g/mol. The number of alkyl halides is 3. The van der Waals surface area contributed by atoms with Gasteiger partial charge in [-0.1, -0.05) is 42.5 Å².